The number of rotatable bonds is 7. The minimum Gasteiger partial charge on any atom is -0.347 e. The van der Waals surface area contributed by atoms with Gasteiger partial charge in [-0.15, -0.1) is 0 Å². The first-order valence-electron chi connectivity index (χ1n) is 11.6. The number of hydrogen-bond donors (Lipinski definition) is 1. The third-order valence-corrected chi connectivity index (χ3v) is 6.11. The monoisotopic (exact) mass is 467 g/mol. The molecule has 0 spiro atoms. The maximum absolute atomic E-state index is 12.9. The van der Waals surface area contributed by atoms with Gasteiger partial charge in [0.1, 0.15) is 0 Å². The number of hydrogen-bond acceptors (Lipinski definition) is 8. The predicted molar refractivity (Wildman–Crippen MR) is 125 cm³/mol. The fourth-order valence-electron chi connectivity index (χ4n) is 4.08. The topological polar surface area (TPSA) is 128 Å². The van der Waals surface area contributed by atoms with Crippen molar-refractivity contribution in [3.05, 3.63) is 56.6 Å². The van der Waals surface area contributed by atoms with Crippen LogP contribution in [0.2, 0.25) is 0 Å². The third-order valence-electron chi connectivity index (χ3n) is 6.11. The van der Waals surface area contributed by atoms with Crippen LogP contribution >= 0.6 is 0 Å². The van der Waals surface area contributed by atoms with E-state index in [4.69, 9.17) is 4.52 Å². The number of benzene rings is 1. The number of aromatic nitrogens is 5. The van der Waals surface area contributed by atoms with Gasteiger partial charge in [-0.1, -0.05) is 29.3 Å². The van der Waals surface area contributed by atoms with Gasteiger partial charge in [-0.25, -0.2) is 4.79 Å². The molecule has 0 unspecified atom stereocenters. The van der Waals surface area contributed by atoms with Gasteiger partial charge >= 0.3 is 17.5 Å². The van der Waals surface area contributed by atoms with Gasteiger partial charge in [0, 0.05) is 25.7 Å². The van der Waals surface area contributed by atoms with Crippen LogP contribution in [0.1, 0.15) is 49.4 Å². The summed E-state index contributed by atoms with van der Waals surface area (Å²) < 4.78 is 7.26. The van der Waals surface area contributed by atoms with E-state index in [0.29, 0.717) is 18.3 Å². The predicted octanol–water partition coefficient (Wildman–Crippen LogP) is 1.38. The average Bonchev–Trinajstić information content (AvgIpc) is 3.32. The molecule has 3 aromatic rings. The molecule has 4 rings (SSSR count). The summed E-state index contributed by atoms with van der Waals surface area (Å²) >= 11 is 0. The second-order valence-electron chi connectivity index (χ2n) is 8.49. The van der Waals surface area contributed by atoms with Crippen LogP contribution in [-0.4, -0.2) is 61.0 Å². The molecule has 0 aliphatic carbocycles. The van der Waals surface area contributed by atoms with Gasteiger partial charge in [0.15, 0.2) is 5.69 Å². The molecule has 1 aromatic carbocycles. The second kappa shape index (κ2) is 10.1. The second-order valence-corrected chi connectivity index (χ2v) is 8.49. The van der Waals surface area contributed by atoms with Gasteiger partial charge < -0.3 is 9.84 Å². The molecule has 0 saturated carbocycles. The molecule has 11 heteroatoms. The van der Waals surface area contributed by atoms with Crippen molar-refractivity contribution in [1.29, 1.82) is 0 Å². The summed E-state index contributed by atoms with van der Waals surface area (Å²) in [5, 5.41) is 10.8. The molecular weight excluding hydrogens is 438 g/mol. The highest BCUT2D eigenvalue weighted by Crippen LogP contribution is 2.15. The Morgan fingerprint density at radius 1 is 1.21 bits per heavy atom. The van der Waals surface area contributed by atoms with Crippen LogP contribution in [0.15, 0.2) is 38.4 Å². The van der Waals surface area contributed by atoms with E-state index in [1.54, 1.807) is 19.1 Å². The summed E-state index contributed by atoms with van der Waals surface area (Å²) in [6.07, 6.45) is 3.56. The molecule has 1 saturated heterocycles. The number of aryl methyl sites for hydroxylation is 1. The number of likely N-dealkylation sites (tertiary alicyclic amines) is 1. The van der Waals surface area contributed by atoms with E-state index >= 15 is 0 Å². The number of carbonyl (C=O) groups excluding carboxylic acids is 1. The summed E-state index contributed by atoms with van der Waals surface area (Å²) in [5.41, 5.74) is 0.111. The molecular formula is C23H29N7O4. The van der Waals surface area contributed by atoms with Gasteiger partial charge in [-0.05, 0) is 52.3 Å². The van der Waals surface area contributed by atoms with Crippen molar-refractivity contribution in [1.82, 2.24) is 34.7 Å². The molecule has 1 aliphatic rings. The lowest BCUT2D eigenvalue weighted by molar-refractivity contribution is 0.0895. The zero-order chi connectivity index (χ0) is 24.2. The van der Waals surface area contributed by atoms with Gasteiger partial charge in [0.2, 0.25) is 5.82 Å². The Morgan fingerprint density at radius 3 is 2.68 bits per heavy atom. The van der Waals surface area contributed by atoms with E-state index in [0.717, 1.165) is 34.3 Å². The van der Waals surface area contributed by atoms with Crippen LogP contribution in [0.25, 0.3) is 17.2 Å². The smallest absolute Gasteiger partial charge is 0.347 e. The molecule has 34 heavy (non-hydrogen) atoms. The maximum atomic E-state index is 12.9. The molecule has 1 N–H and O–H groups in total. The summed E-state index contributed by atoms with van der Waals surface area (Å²) in [6.45, 7) is 8.14. The quantitative estimate of drug-likeness (QED) is 0.552. The minimum absolute atomic E-state index is 0.138. The van der Waals surface area contributed by atoms with Crippen LogP contribution in [0.3, 0.4) is 0 Å². The Balaban J connectivity index is 1.55. The third kappa shape index (κ3) is 4.84. The minimum atomic E-state index is -0.650. The molecule has 180 valence electrons. The fraction of sp³-hybridized carbons (Fsp3) is 0.478. The molecule has 11 nitrogen and oxygen atoms in total. The molecule has 2 aromatic heterocycles. The van der Waals surface area contributed by atoms with Crippen molar-refractivity contribution in [2.45, 2.75) is 52.6 Å². The average molecular weight is 468 g/mol. The lowest BCUT2D eigenvalue weighted by atomic mass is 10.0. The molecule has 0 radical (unpaired) electrons. The molecule has 1 aliphatic heterocycles. The van der Waals surface area contributed by atoms with Crippen LogP contribution in [0.4, 0.5) is 0 Å². The van der Waals surface area contributed by atoms with Crippen molar-refractivity contribution < 1.29 is 9.32 Å². The first-order chi connectivity index (χ1) is 16.4. The standard InChI is InChI=1S/C23H29N7O4/c1-4-29-22(32)18(26-30(23(29)33)17-10-8-15(2)9-11-17)19-25-21(34-27-19)20(31)24-12-14-28-13-6-5-7-16(28)3/h8-11,16H,4-7,12-14H2,1-3H3,(H,24,31)/t16-/m1/s1. The highest BCUT2D eigenvalue weighted by atomic mass is 16.5. The SMILES string of the molecule is CCn1c(=O)c(-c2noc(C(=O)NCCN3CCCC[C@H]3C)n2)nn(-c2ccc(C)cc2)c1=O. The summed E-state index contributed by atoms with van der Waals surface area (Å²) in [6, 6.07) is 7.64. The highest BCUT2D eigenvalue weighted by molar-refractivity contribution is 5.89. The highest BCUT2D eigenvalue weighted by Gasteiger charge is 2.23. The number of nitrogens with zero attached hydrogens (tertiary/aromatic N) is 6. The zero-order valence-electron chi connectivity index (χ0n) is 19.7. The molecule has 1 atom stereocenters. The van der Waals surface area contributed by atoms with Gasteiger partial charge in [-0.3, -0.25) is 19.1 Å². The Hall–Kier alpha value is -3.60. The van der Waals surface area contributed by atoms with Gasteiger partial charge in [-0.2, -0.15) is 14.8 Å². The van der Waals surface area contributed by atoms with Crippen molar-refractivity contribution in [2.75, 3.05) is 19.6 Å². The summed E-state index contributed by atoms with van der Waals surface area (Å²) in [5.74, 6) is -0.937. The Morgan fingerprint density at radius 2 is 1.97 bits per heavy atom. The Labute approximate surface area is 196 Å². The van der Waals surface area contributed by atoms with Gasteiger partial charge in [0.05, 0.1) is 5.69 Å². The first-order valence-corrected chi connectivity index (χ1v) is 11.6. The normalized spacial score (nSPS) is 16.5. The van der Waals surface area contributed by atoms with E-state index in [2.05, 4.69) is 32.4 Å². The van der Waals surface area contributed by atoms with Crippen LogP contribution < -0.4 is 16.6 Å². The van der Waals surface area contributed by atoms with E-state index in [-0.39, 0.29) is 24.0 Å². The maximum Gasteiger partial charge on any atom is 0.352 e. The lowest BCUT2D eigenvalue weighted by Gasteiger charge is -2.33. The van der Waals surface area contributed by atoms with Crippen LogP contribution in [-0.2, 0) is 6.54 Å². The number of amides is 1. The Bertz CT molecular complexity index is 1280. The van der Waals surface area contributed by atoms with E-state index < -0.39 is 17.2 Å². The summed E-state index contributed by atoms with van der Waals surface area (Å²) in [7, 11) is 0. The van der Waals surface area contributed by atoms with E-state index in [1.165, 1.54) is 12.8 Å². The zero-order valence-corrected chi connectivity index (χ0v) is 19.7. The van der Waals surface area contributed by atoms with E-state index in [9.17, 15) is 14.4 Å². The molecule has 1 fully saturated rings. The molecule has 0 bridgehead atoms. The lowest BCUT2D eigenvalue weighted by Crippen LogP contribution is -2.42. The van der Waals surface area contributed by atoms with Crippen LogP contribution in [0, 0.1) is 6.92 Å². The number of piperidine rings is 1. The number of carbonyl (C=O) groups is 1. The van der Waals surface area contributed by atoms with Crippen molar-refractivity contribution >= 4 is 5.91 Å². The fourth-order valence-corrected chi connectivity index (χ4v) is 4.08. The van der Waals surface area contributed by atoms with Crippen molar-refractivity contribution in [3.63, 3.8) is 0 Å². The van der Waals surface area contributed by atoms with Crippen LogP contribution in [0.5, 0.6) is 0 Å². The number of nitrogens with one attached hydrogen (secondary N) is 1. The largest absolute Gasteiger partial charge is 0.352 e. The first kappa shape index (κ1) is 23.6. The molecule has 1 amide bonds. The van der Waals surface area contributed by atoms with Crippen molar-refractivity contribution in [2.24, 2.45) is 0 Å². The van der Waals surface area contributed by atoms with Crippen molar-refractivity contribution in [3.8, 4) is 17.2 Å². The Kier molecular flexibility index (Phi) is 7.01. The van der Waals surface area contributed by atoms with Gasteiger partial charge in [0.25, 0.3) is 5.56 Å². The van der Waals surface area contributed by atoms with E-state index in [1.807, 2.05) is 19.1 Å². The molecule has 3 heterocycles. The summed E-state index contributed by atoms with van der Waals surface area (Å²) in [4.78, 5) is 44.6.